The molecule has 2 rings (SSSR count). The average molecular weight is 261 g/mol. The molecule has 5 heteroatoms. The highest BCUT2D eigenvalue weighted by Gasteiger charge is 2.10. The largest absolute Gasteiger partial charge is 0.331 e. The zero-order chi connectivity index (χ0) is 14.0. The fourth-order valence-electron chi connectivity index (χ4n) is 2.24. The topological polar surface area (TPSA) is 56.0 Å². The number of benzene rings is 1. The number of aromatic nitrogens is 2. The van der Waals surface area contributed by atoms with Gasteiger partial charge in [-0.25, -0.2) is 4.79 Å². The molecule has 5 nitrogen and oxygen atoms in total. The van der Waals surface area contributed by atoms with E-state index in [0.29, 0.717) is 17.4 Å². The van der Waals surface area contributed by atoms with Gasteiger partial charge in [0.15, 0.2) is 0 Å². The third-order valence-electron chi connectivity index (χ3n) is 3.32. The highest BCUT2D eigenvalue weighted by atomic mass is 16.2. The Kier molecular flexibility index (Phi) is 3.85. The molecular weight excluding hydrogens is 242 g/mol. The predicted octanol–water partition coefficient (Wildman–Crippen LogP) is 0.618. The van der Waals surface area contributed by atoms with Gasteiger partial charge in [-0.15, -0.1) is 0 Å². The van der Waals surface area contributed by atoms with Crippen molar-refractivity contribution in [3.63, 3.8) is 0 Å². The van der Waals surface area contributed by atoms with Crippen molar-refractivity contribution >= 4 is 10.9 Å². The van der Waals surface area contributed by atoms with Gasteiger partial charge in [-0.1, -0.05) is 11.6 Å². The molecule has 0 spiro atoms. The maximum absolute atomic E-state index is 12.4. The number of fused-ring (bicyclic) bond motifs is 1. The summed E-state index contributed by atoms with van der Waals surface area (Å²) in [5.74, 6) is 0. The van der Waals surface area contributed by atoms with Gasteiger partial charge in [-0.2, -0.15) is 0 Å². The second-order valence-electron chi connectivity index (χ2n) is 4.78. The maximum atomic E-state index is 12.4. The van der Waals surface area contributed by atoms with E-state index in [4.69, 9.17) is 0 Å². The van der Waals surface area contributed by atoms with E-state index in [0.717, 1.165) is 18.5 Å². The van der Waals surface area contributed by atoms with Crippen LogP contribution >= 0.6 is 0 Å². The zero-order valence-corrected chi connectivity index (χ0v) is 11.6. The lowest BCUT2D eigenvalue weighted by Gasteiger charge is -2.11. The van der Waals surface area contributed by atoms with E-state index in [1.165, 1.54) is 9.13 Å². The Balaban J connectivity index is 2.65. The van der Waals surface area contributed by atoms with Crippen LogP contribution in [0.25, 0.3) is 10.9 Å². The maximum Gasteiger partial charge on any atom is 0.331 e. The molecule has 0 radical (unpaired) electrons. The summed E-state index contributed by atoms with van der Waals surface area (Å²) >= 11 is 0. The first-order valence-electron chi connectivity index (χ1n) is 6.41. The van der Waals surface area contributed by atoms with E-state index in [1.54, 1.807) is 7.05 Å². The van der Waals surface area contributed by atoms with E-state index in [9.17, 15) is 9.59 Å². The van der Waals surface area contributed by atoms with Crippen LogP contribution in [0.2, 0.25) is 0 Å². The average Bonchev–Trinajstić information content (AvgIpc) is 2.40. The van der Waals surface area contributed by atoms with Crippen molar-refractivity contribution < 1.29 is 0 Å². The zero-order valence-electron chi connectivity index (χ0n) is 11.6. The second-order valence-corrected chi connectivity index (χ2v) is 4.78. The van der Waals surface area contributed by atoms with Gasteiger partial charge in [-0.3, -0.25) is 13.9 Å². The highest BCUT2D eigenvalue weighted by Crippen LogP contribution is 2.09. The lowest BCUT2D eigenvalue weighted by Crippen LogP contribution is -2.39. The Morgan fingerprint density at radius 3 is 2.68 bits per heavy atom. The molecule has 1 aromatic carbocycles. The standard InChI is InChI=1S/C14H19N3O2/c1-10-5-6-12-11(9-10)13(18)17(8-4-7-15-2)14(19)16(12)3/h5-6,9,15H,4,7-8H2,1-3H3. The first-order valence-corrected chi connectivity index (χ1v) is 6.41. The molecule has 0 saturated heterocycles. The third-order valence-corrected chi connectivity index (χ3v) is 3.32. The summed E-state index contributed by atoms with van der Waals surface area (Å²) < 4.78 is 2.86. The Morgan fingerprint density at radius 1 is 1.26 bits per heavy atom. The molecule has 102 valence electrons. The van der Waals surface area contributed by atoms with E-state index >= 15 is 0 Å². The van der Waals surface area contributed by atoms with Crippen LogP contribution in [0, 0.1) is 6.92 Å². The van der Waals surface area contributed by atoms with Gasteiger partial charge in [-0.05, 0) is 39.1 Å². The Labute approximate surface area is 111 Å². The van der Waals surface area contributed by atoms with Crippen LogP contribution in [-0.4, -0.2) is 22.7 Å². The molecule has 2 aromatic rings. The lowest BCUT2D eigenvalue weighted by atomic mass is 10.1. The molecule has 0 amide bonds. The molecule has 1 aromatic heterocycles. The van der Waals surface area contributed by atoms with Crippen molar-refractivity contribution in [2.45, 2.75) is 19.9 Å². The van der Waals surface area contributed by atoms with Crippen LogP contribution < -0.4 is 16.6 Å². The van der Waals surface area contributed by atoms with Gasteiger partial charge in [0.2, 0.25) is 0 Å². The van der Waals surface area contributed by atoms with Crippen molar-refractivity contribution in [3.8, 4) is 0 Å². The number of hydrogen-bond donors (Lipinski definition) is 1. The molecule has 0 saturated carbocycles. The minimum Gasteiger partial charge on any atom is -0.320 e. The molecule has 0 atom stereocenters. The number of aryl methyl sites for hydroxylation is 2. The van der Waals surface area contributed by atoms with Crippen LogP contribution in [0.4, 0.5) is 0 Å². The third kappa shape index (κ3) is 2.46. The molecule has 0 aliphatic heterocycles. The number of hydrogen-bond acceptors (Lipinski definition) is 3. The molecule has 1 heterocycles. The Morgan fingerprint density at radius 2 is 2.00 bits per heavy atom. The molecule has 0 bridgehead atoms. The summed E-state index contributed by atoms with van der Waals surface area (Å²) in [4.78, 5) is 24.6. The monoisotopic (exact) mass is 261 g/mol. The SMILES string of the molecule is CNCCCn1c(=O)c2cc(C)ccc2n(C)c1=O. The number of nitrogens with one attached hydrogen (secondary N) is 1. The van der Waals surface area contributed by atoms with E-state index in [2.05, 4.69) is 5.32 Å². The predicted molar refractivity (Wildman–Crippen MR) is 76.7 cm³/mol. The highest BCUT2D eigenvalue weighted by molar-refractivity contribution is 5.78. The van der Waals surface area contributed by atoms with E-state index in [-0.39, 0.29) is 11.2 Å². The molecule has 0 fully saturated rings. The van der Waals surface area contributed by atoms with Gasteiger partial charge in [0.05, 0.1) is 10.9 Å². The fraction of sp³-hybridized carbons (Fsp3) is 0.429. The minimum atomic E-state index is -0.252. The van der Waals surface area contributed by atoms with Gasteiger partial charge in [0, 0.05) is 13.6 Å². The van der Waals surface area contributed by atoms with Gasteiger partial charge < -0.3 is 5.32 Å². The molecule has 1 N–H and O–H groups in total. The summed E-state index contributed by atoms with van der Waals surface area (Å²) in [6.45, 7) is 3.16. The summed E-state index contributed by atoms with van der Waals surface area (Å²) in [7, 11) is 3.55. The van der Waals surface area contributed by atoms with E-state index < -0.39 is 0 Å². The number of nitrogens with zero attached hydrogens (tertiary/aromatic N) is 2. The quantitative estimate of drug-likeness (QED) is 0.821. The first kappa shape index (κ1) is 13.5. The normalized spacial score (nSPS) is 11.1. The van der Waals surface area contributed by atoms with Crippen molar-refractivity contribution in [3.05, 3.63) is 44.6 Å². The van der Waals surface area contributed by atoms with Crippen molar-refractivity contribution in [2.24, 2.45) is 7.05 Å². The lowest BCUT2D eigenvalue weighted by molar-refractivity contribution is 0.560. The number of rotatable bonds is 4. The molecule has 0 aliphatic rings. The van der Waals surface area contributed by atoms with Gasteiger partial charge in [0.1, 0.15) is 0 Å². The summed E-state index contributed by atoms with van der Waals surface area (Å²) in [6, 6.07) is 5.57. The van der Waals surface area contributed by atoms with Gasteiger partial charge >= 0.3 is 5.69 Å². The molecular formula is C14H19N3O2. The molecule has 0 unspecified atom stereocenters. The summed E-state index contributed by atoms with van der Waals surface area (Å²) in [5.41, 5.74) is 1.26. The van der Waals surface area contributed by atoms with Crippen molar-refractivity contribution in [1.29, 1.82) is 0 Å². The molecule has 19 heavy (non-hydrogen) atoms. The summed E-state index contributed by atoms with van der Waals surface area (Å²) in [6.07, 6.45) is 0.753. The first-order chi connectivity index (χ1) is 9.06. The second kappa shape index (κ2) is 5.40. The fourth-order valence-corrected chi connectivity index (χ4v) is 2.24. The van der Waals surface area contributed by atoms with Gasteiger partial charge in [0.25, 0.3) is 5.56 Å². The minimum absolute atomic E-state index is 0.196. The Bertz CT molecular complexity index is 713. The van der Waals surface area contributed by atoms with E-state index in [1.807, 2.05) is 32.2 Å². The summed E-state index contributed by atoms with van der Waals surface area (Å²) in [5, 5.41) is 3.62. The van der Waals surface area contributed by atoms with Crippen LogP contribution in [0.5, 0.6) is 0 Å². The van der Waals surface area contributed by atoms with Crippen LogP contribution in [-0.2, 0) is 13.6 Å². The Hall–Kier alpha value is -1.88. The van der Waals surface area contributed by atoms with Crippen LogP contribution in [0.3, 0.4) is 0 Å². The molecule has 0 aliphatic carbocycles. The van der Waals surface area contributed by atoms with Crippen molar-refractivity contribution in [1.82, 2.24) is 14.5 Å². The van der Waals surface area contributed by atoms with Crippen molar-refractivity contribution in [2.75, 3.05) is 13.6 Å². The smallest absolute Gasteiger partial charge is 0.320 e. The van der Waals surface area contributed by atoms with Crippen LogP contribution in [0.15, 0.2) is 27.8 Å². The van der Waals surface area contributed by atoms with Crippen LogP contribution in [0.1, 0.15) is 12.0 Å².